The number of benzene rings is 1. The van der Waals surface area contributed by atoms with Crippen molar-refractivity contribution in [3.05, 3.63) is 45.6 Å². The first kappa shape index (κ1) is 17.2. The van der Waals surface area contributed by atoms with E-state index in [-0.39, 0.29) is 24.3 Å². The van der Waals surface area contributed by atoms with E-state index in [4.69, 9.17) is 4.52 Å². The molecule has 6 heteroatoms. The van der Waals surface area contributed by atoms with Crippen LogP contribution >= 0.6 is 15.9 Å². The van der Waals surface area contributed by atoms with E-state index < -0.39 is 0 Å². The highest BCUT2D eigenvalue weighted by Gasteiger charge is 2.34. The van der Waals surface area contributed by atoms with E-state index in [1.165, 1.54) is 12.8 Å². The van der Waals surface area contributed by atoms with E-state index in [1.807, 2.05) is 24.3 Å². The Morgan fingerprint density at radius 2 is 2.08 bits per heavy atom. The number of aliphatic hydroxyl groups excluding tert-OH is 1. The maximum Gasteiger partial charge on any atom is 0.230 e. The number of rotatable bonds is 5. The summed E-state index contributed by atoms with van der Waals surface area (Å²) >= 11 is 3.36. The summed E-state index contributed by atoms with van der Waals surface area (Å²) < 4.78 is 6.33. The Bertz CT molecular complexity index is 736. The monoisotopic (exact) mass is 392 g/mol. The zero-order valence-corrected chi connectivity index (χ0v) is 15.2. The number of halogens is 1. The van der Waals surface area contributed by atoms with Gasteiger partial charge >= 0.3 is 0 Å². The molecule has 1 aliphatic carbocycles. The highest BCUT2D eigenvalue weighted by atomic mass is 79.9. The molecule has 1 amide bonds. The van der Waals surface area contributed by atoms with Crippen molar-refractivity contribution >= 4 is 27.7 Å². The Kier molecular flexibility index (Phi) is 5.06. The van der Waals surface area contributed by atoms with E-state index in [1.54, 1.807) is 0 Å². The van der Waals surface area contributed by atoms with Gasteiger partial charge in [-0.05, 0) is 36.1 Å². The smallest absolute Gasteiger partial charge is 0.230 e. The van der Waals surface area contributed by atoms with Crippen LogP contribution in [0.1, 0.15) is 49.5 Å². The third kappa shape index (κ3) is 3.70. The van der Waals surface area contributed by atoms with Crippen LogP contribution in [0.25, 0.3) is 0 Å². The number of hydrogen-bond acceptors (Lipinski definition) is 4. The van der Waals surface area contributed by atoms with Gasteiger partial charge in [0.1, 0.15) is 5.76 Å². The third-order valence-corrected chi connectivity index (χ3v) is 5.26. The van der Waals surface area contributed by atoms with Gasteiger partial charge in [-0.2, -0.15) is 0 Å². The molecule has 1 fully saturated rings. The van der Waals surface area contributed by atoms with Gasteiger partial charge in [-0.1, -0.05) is 46.9 Å². The molecule has 0 radical (unpaired) electrons. The molecule has 3 rings (SSSR count). The van der Waals surface area contributed by atoms with Gasteiger partial charge in [-0.15, -0.1) is 0 Å². The predicted octanol–water partition coefficient (Wildman–Crippen LogP) is 3.94. The van der Waals surface area contributed by atoms with Crippen LogP contribution in [-0.2, 0) is 23.2 Å². The Morgan fingerprint density at radius 3 is 2.79 bits per heavy atom. The molecular weight excluding hydrogens is 372 g/mol. The quantitative estimate of drug-likeness (QED) is 0.807. The minimum Gasteiger partial charge on any atom is -0.392 e. The summed E-state index contributed by atoms with van der Waals surface area (Å²) in [5, 5.41) is 16.2. The van der Waals surface area contributed by atoms with Crippen molar-refractivity contribution in [1.82, 2.24) is 5.16 Å². The molecule has 0 saturated heterocycles. The molecular formula is C18H21BrN2O3. The fraction of sp³-hybridized carbons (Fsp3) is 0.444. The molecule has 1 aromatic heterocycles. The summed E-state index contributed by atoms with van der Waals surface area (Å²) in [6.07, 6.45) is 4.77. The second kappa shape index (κ2) is 7.07. The lowest BCUT2D eigenvalue weighted by molar-refractivity contribution is -0.115. The molecule has 2 N–H and O–H groups in total. The molecule has 0 aliphatic heterocycles. The number of nitrogens with zero attached hydrogens (tertiary/aromatic N) is 1. The van der Waals surface area contributed by atoms with E-state index in [0.717, 1.165) is 34.2 Å². The molecule has 0 unspecified atom stereocenters. The van der Waals surface area contributed by atoms with Crippen LogP contribution in [0.3, 0.4) is 0 Å². The number of carbonyl (C=O) groups is 1. The normalized spacial score (nSPS) is 16.3. The van der Waals surface area contributed by atoms with Crippen LogP contribution < -0.4 is 5.32 Å². The van der Waals surface area contributed by atoms with E-state index in [0.29, 0.717) is 5.82 Å². The van der Waals surface area contributed by atoms with E-state index >= 15 is 0 Å². The second-order valence-corrected chi connectivity index (χ2v) is 7.56. The largest absolute Gasteiger partial charge is 0.392 e. The van der Waals surface area contributed by atoms with Gasteiger partial charge in [-0.25, -0.2) is 0 Å². The summed E-state index contributed by atoms with van der Waals surface area (Å²) in [6, 6.07) is 7.34. The Morgan fingerprint density at radius 1 is 1.33 bits per heavy atom. The average Bonchev–Trinajstić information content (AvgIpc) is 3.19. The molecule has 0 bridgehead atoms. The minimum atomic E-state index is -0.177. The summed E-state index contributed by atoms with van der Waals surface area (Å²) in [4.78, 5) is 12.3. The molecule has 1 saturated carbocycles. The van der Waals surface area contributed by atoms with Crippen LogP contribution in [0.15, 0.2) is 33.3 Å². The standard InChI is InChI=1S/C18H21BrN2O3/c1-18(6-2-3-7-18)15-10-16(21-24-15)20-17(23)9-12-4-5-14(19)8-13(12)11-22/h4-5,8,10,22H,2-3,6-7,9,11H2,1H3,(H,20,21,23). The van der Waals surface area contributed by atoms with Gasteiger partial charge in [0.25, 0.3) is 0 Å². The van der Waals surface area contributed by atoms with Gasteiger partial charge in [0, 0.05) is 16.0 Å². The van der Waals surface area contributed by atoms with Crippen molar-refractivity contribution in [3.63, 3.8) is 0 Å². The van der Waals surface area contributed by atoms with Crippen LogP contribution in [-0.4, -0.2) is 16.2 Å². The summed E-state index contributed by atoms with van der Waals surface area (Å²) in [5.74, 6) is 1.12. The first-order valence-corrected chi connectivity index (χ1v) is 8.95. The van der Waals surface area contributed by atoms with Gasteiger partial charge in [0.05, 0.1) is 13.0 Å². The molecule has 128 valence electrons. The van der Waals surface area contributed by atoms with Crippen LogP contribution in [0, 0.1) is 0 Å². The third-order valence-electron chi connectivity index (χ3n) is 4.77. The number of hydrogen-bond donors (Lipinski definition) is 2. The Balaban J connectivity index is 1.66. The zero-order chi connectivity index (χ0) is 17.2. The van der Waals surface area contributed by atoms with E-state index in [2.05, 4.69) is 33.3 Å². The number of nitrogens with one attached hydrogen (secondary N) is 1. The lowest BCUT2D eigenvalue weighted by Crippen LogP contribution is -2.16. The maximum atomic E-state index is 12.3. The highest BCUT2D eigenvalue weighted by Crippen LogP contribution is 2.41. The molecule has 1 heterocycles. The summed E-state index contributed by atoms with van der Waals surface area (Å²) in [5.41, 5.74) is 1.56. The average molecular weight is 393 g/mol. The number of amides is 1. The maximum absolute atomic E-state index is 12.3. The highest BCUT2D eigenvalue weighted by molar-refractivity contribution is 9.10. The Hall–Kier alpha value is -1.66. The van der Waals surface area contributed by atoms with Crippen LogP contribution in [0.4, 0.5) is 5.82 Å². The molecule has 2 aromatic rings. The first-order valence-electron chi connectivity index (χ1n) is 8.15. The topological polar surface area (TPSA) is 75.4 Å². The van der Waals surface area contributed by atoms with Crippen molar-refractivity contribution < 1.29 is 14.4 Å². The van der Waals surface area contributed by atoms with Crippen molar-refractivity contribution in [2.45, 2.75) is 51.0 Å². The molecule has 0 spiro atoms. The fourth-order valence-electron chi connectivity index (χ4n) is 3.29. The SMILES string of the molecule is CC1(c2cc(NC(=O)Cc3ccc(Br)cc3CO)no2)CCCC1. The molecule has 24 heavy (non-hydrogen) atoms. The first-order chi connectivity index (χ1) is 11.5. The van der Waals surface area contributed by atoms with Gasteiger partial charge in [0.15, 0.2) is 5.82 Å². The van der Waals surface area contributed by atoms with Crippen molar-refractivity contribution in [2.75, 3.05) is 5.32 Å². The molecule has 1 aliphatic rings. The lowest BCUT2D eigenvalue weighted by atomic mass is 9.86. The second-order valence-electron chi connectivity index (χ2n) is 6.64. The van der Waals surface area contributed by atoms with E-state index in [9.17, 15) is 9.90 Å². The van der Waals surface area contributed by atoms with Crippen molar-refractivity contribution in [3.8, 4) is 0 Å². The number of aliphatic hydroxyl groups is 1. The van der Waals surface area contributed by atoms with Gasteiger partial charge in [-0.3, -0.25) is 4.79 Å². The fourth-order valence-corrected chi connectivity index (χ4v) is 3.70. The molecule has 1 aromatic carbocycles. The van der Waals surface area contributed by atoms with Gasteiger partial charge in [0.2, 0.25) is 5.91 Å². The number of anilines is 1. The summed E-state index contributed by atoms with van der Waals surface area (Å²) in [6.45, 7) is 2.08. The van der Waals surface area contributed by atoms with Gasteiger partial charge < -0.3 is 14.9 Å². The number of aromatic nitrogens is 1. The lowest BCUT2D eigenvalue weighted by Gasteiger charge is -2.18. The zero-order valence-electron chi connectivity index (χ0n) is 13.6. The molecule has 5 nitrogen and oxygen atoms in total. The predicted molar refractivity (Wildman–Crippen MR) is 94.7 cm³/mol. The minimum absolute atomic E-state index is 0.0335. The van der Waals surface area contributed by atoms with Crippen molar-refractivity contribution in [2.24, 2.45) is 0 Å². The van der Waals surface area contributed by atoms with Crippen molar-refractivity contribution in [1.29, 1.82) is 0 Å². The van der Waals surface area contributed by atoms with Crippen LogP contribution in [0.5, 0.6) is 0 Å². The van der Waals surface area contributed by atoms with Crippen LogP contribution in [0.2, 0.25) is 0 Å². The summed E-state index contributed by atoms with van der Waals surface area (Å²) in [7, 11) is 0. The molecule has 0 atom stereocenters. The number of carbonyl (C=O) groups excluding carboxylic acids is 1. The Labute approximate surface area is 149 Å².